The minimum absolute atomic E-state index is 0.303. The minimum atomic E-state index is -1.04. The lowest BCUT2D eigenvalue weighted by atomic mass is 10.0. The van der Waals surface area contributed by atoms with E-state index in [1.807, 2.05) is 79.7 Å². The van der Waals surface area contributed by atoms with Crippen molar-refractivity contribution < 1.29 is 9.59 Å². The second-order valence-corrected chi connectivity index (χ2v) is 8.40. The number of carbonyl (C=O) groups is 2. The summed E-state index contributed by atoms with van der Waals surface area (Å²) in [4.78, 5) is 35.4. The van der Waals surface area contributed by atoms with Crippen molar-refractivity contribution in [1.29, 1.82) is 0 Å². The van der Waals surface area contributed by atoms with Gasteiger partial charge in [-0.25, -0.2) is 0 Å². The van der Waals surface area contributed by atoms with Crippen molar-refractivity contribution in [3.8, 4) is 11.1 Å². The summed E-state index contributed by atoms with van der Waals surface area (Å²) in [5.74, 6) is -0.896. The molecule has 0 bridgehead atoms. The zero-order valence-corrected chi connectivity index (χ0v) is 20.3. The molecule has 4 aromatic rings. The summed E-state index contributed by atoms with van der Waals surface area (Å²) in [5, 5.41) is 6.50. The molecule has 2 amide bonds. The molecule has 184 valence electrons. The van der Waals surface area contributed by atoms with Crippen LogP contribution in [0.2, 0.25) is 0 Å². The van der Waals surface area contributed by atoms with Crippen molar-refractivity contribution in [2.45, 2.75) is 19.0 Å². The number of hydrogen-bond acceptors (Lipinski definition) is 4. The Kier molecular flexibility index (Phi) is 8.26. The van der Waals surface area contributed by atoms with Crippen LogP contribution in [-0.2, 0) is 9.59 Å². The highest BCUT2D eigenvalue weighted by molar-refractivity contribution is 6.02. The number of hydrogen-bond donors (Lipinski definition) is 1. The molecule has 4 rings (SSSR count). The van der Waals surface area contributed by atoms with E-state index >= 15 is 0 Å². The van der Waals surface area contributed by atoms with Crippen molar-refractivity contribution >= 4 is 17.5 Å². The zero-order valence-electron chi connectivity index (χ0n) is 20.3. The Labute approximate surface area is 215 Å². The van der Waals surface area contributed by atoms with Crippen LogP contribution in [-0.4, -0.2) is 23.3 Å². The molecular formula is C29H26N6O2. The maximum Gasteiger partial charge on any atom is 0.248 e. The molecule has 1 aromatic heterocycles. The highest BCUT2D eigenvalue weighted by Crippen LogP contribution is 2.31. The Hall–Kier alpha value is -4.94. The molecule has 0 fully saturated rings. The number of azide groups is 1. The highest BCUT2D eigenvalue weighted by Gasteiger charge is 2.33. The molecule has 3 aromatic carbocycles. The fourth-order valence-corrected chi connectivity index (χ4v) is 4.12. The van der Waals surface area contributed by atoms with E-state index in [9.17, 15) is 9.59 Å². The first-order valence-corrected chi connectivity index (χ1v) is 11.8. The van der Waals surface area contributed by atoms with Gasteiger partial charge in [-0.1, -0.05) is 84.0 Å². The van der Waals surface area contributed by atoms with E-state index in [1.54, 1.807) is 36.7 Å². The van der Waals surface area contributed by atoms with Crippen molar-refractivity contribution in [2.75, 3.05) is 11.4 Å². The predicted octanol–water partition coefficient (Wildman–Crippen LogP) is 6.01. The van der Waals surface area contributed by atoms with E-state index < -0.39 is 18.5 Å². The van der Waals surface area contributed by atoms with E-state index in [2.05, 4.69) is 20.3 Å². The molecule has 8 nitrogen and oxygen atoms in total. The van der Waals surface area contributed by atoms with Gasteiger partial charge < -0.3 is 5.32 Å². The highest BCUT2D eigenvalue weighted by atomic mass is 16.2. The van der Waals surface area contributed by atoms with Crippen molar-refractivity contribution in [3.05, 3.63) is 131 Å². The molecule has 0 radical (unpaired) electrons. The monoisotopic (exact) mass is 490 g/mol. The van der Waals surface area contributed by atoms with Crippen molar-refractivity contribution in [2.24, 2.45) is 5.11 Å². The Balaban J connectivity index is 1.74. The zero-order chi connectivity index (χ0) is 26.0. The third-order valence-corrected chi connectivity index (χ3v) is 5.96. The molecule has 0 spiro atoms. The number of anilines is 1. The predicted molar refractivity (Wildman–Crippen MR) is 143 cm³/mol. The SMILES string of the molecule is C[C@H](NC(=O)C(c1cccnc1)N(C(=O)CN=[N+]=[N-])c1ccc(-c2ccccc2)cc1)c1ccccc1. The maximum atomic E-state index is 13.8. The number of amides is 2. The molecule has 37 heavy (non-hydrogen) atoms. The van der Waals surface area contributed by atoms with Gasteiger partial charge in [-0.2, -0.15) is 0 Å². The Morgan fingerprint density at radius 1 is 0.892 bits per heavy atom. The van der Waals surface area contributed by atoms with Crippen LogP contribution >= 0.6 is 0 Å². The quantitative estimate of drug-likeness (QED) is 0.176. The molecular weight excluding hydrogens is 464 g/mol. The fourth-order valence-electron chi connectivity index (χ4n) is 4.12. The first-order valence-electron chi connectivity index (χ1n) is 11.8. The van der Waals surface area contributed by atoms with Crippen LogP contribution in [0.1, 0.15) is 30.1 Å². The van der Waals surface area contributed by atoms with Gasteiger partial charge in [0.05, 0.1) is 6.04 Å². The molecule has 8 heteroatoms. The first-order chi connectivity index (χ1) is 18.1. The normalized spacial score (nSPS) is 12.0. The second kappa shape index (κ2) is 12.2. The number of aromatic nitrogens is 1. The number of nitrogens with one attached hydrogen (secondary N) is 1. The molecule has 0 aliphatic heterocycles. The van der Waals surface area contributed by atoms with Crippen LogP contribution in [0.4, 0.5) is 5.69 Å². The van der Waals surface area contributed by atoms with Gasteiger partial charge in [0, 0.05) is 28.6 Å². The van der Waals surface area contributed by atoms with Crippen LogP contribution < -0.4 is 10.2 Å². The lowest BCUT2D eigenvalue weighted by Crippen LogP contribution is -2.45. The molecule has 1 N–H and O–H groups in total. The largest absolute Gasteiger partial charge is 0.347 e. The summed E-state index contributed by atoms with van der Waals surface area (Å²) in [5.41, 5.74) is 12.8. The second-order valence-electron chi connectivity index (χ2n) is 8.40. The van der Waals surface area contributed by atoms with E-state index in [4.69, 9.17) is 5.53 Å². The Bertz CT molecular complexity index is 1370. The van der Waals surface area contributed by atoms with Gasteiger partial charge in [-0.05, 0) is 47.3 Å². The fraction of sp³-hybridized carbons (Fsp3) is 0.138. The van der Waals surface area contributed by atoms with Gasteiger partial charge >= 0.3 is 0 Å². The molecule has 1 heterocycles. The summed E-state index contributed by atoms with van der Waals surface area (Å²) in [7, 11) is 0. The smallest absolute Gasteiger partial charge is 0.248 e. The van der Waals surface area contributed by atoms with Crippen LogP contribution in [0, 0.1) is 0 Å². The van der Waals surface area contributed by atoms with Gasteiger partial charge in [0.15, 0.2) is 0 Å². The van der Waals surface area contributed by atoms with Crippen LogP contribution in [0.15, 0.2) is 115 Å². The Morgan fingerprint density at radius 2 is 1.51 bits per heavy atom. The van der Waals surface area contributed by atoms with Gasteiger partial charge in [0.1, 0.15) is 12.6 Å². The third-order valence-electron chi connectivity index (χ3n) is 5.96. The summed E-state index contributed by atoms with van der Waals surface area (Å²) in [6.45, 7) is 1.45. The number of benzene rings is 3. The van der Waals surface area contributed by atoms with Gasteiger partial charge in [0.2, 0.25) is 11.8 Å². The molecule has 0 aliphatic rings. The summed E-state index contributed by atoms with van der Waals surface area (Å²) >= 11 is 0. The average molecular weight is 491 g/mol. The van der Waals surface area contributed by atoms with Crippen LogP contribution in [0.25, 0.3) is 21.6 Å². The van der Waals surface area contributed by atoms with Crippen LogP contribution in [0.5, 0.6) is 0 Å². The van der Waals surface area contributed by atoms with Gasteiger partial charge in [-0.3, -0.25) is 19.5 Å². The number of pyridine rings is 1. The molecule has 0 aliphatic carbocycles. The Morgan fingerprint density at radius 3 is 2.14 bits per heavy atom. The molecule has 1 unspecified atom stereocenters. The summed E-state index contributed by atoms with van der Waals surface area (Å²) < 4.78 is 0. The summed E-state index contributed by atoms with van der Waals surface area (Å²) in [6, 6.07) is 28.9. The number of nitrogens with zero attached hydrogens (tertiary/aromatic N) is 5. The van der Waals surface area contributed by atoms with Gasteiger partial charge in [-0.15, -0.1) is 0 Å². The van der Waals surface area contributed by atoms with E-state index in [0.29, 0.717) is 11.3 Å². The standard InChI is InChI=1S/C29H26N6O2/c1-21(22-9-4-2-5-10-22)33-29(37)28(25-13-8-18-31-19-25)35(27(36)20-32-34-30)26-16-14-24(15-17-26)23-11-6-3-7-12-23/h2-19,21,28H,20H2,1H3,(H,33,37)/t21-,28?/m0/s1. The van der Waals surface area contributed by atoms with Crippen molar-refractivity contribution in [3.63, 3.8) is 0 Å². The van der Waals surface area contributed by atoms with Gasteiger partial charge in [0.25, 0.3) is 0 Å². The van der Waals surface area contributed by atoms with Crippen molar-refractivity contribution in [1.82, 2.24) is 10.3 Å². The number of rotatable bonds is 9. The van der Waals surface area contributed by atoms with Crippen LogP contribution in [0.3, 0.4) is 0 Å². The minimum Gasteiger partial charge on any atom is -0.347 e. The first kappa shape index (κ1) is 25.2. The van der Waals surface area contributed by atoms with E-state index in [1.165, 1.54) is 4.90 Å². The summed E-state index contributed by atoms with van der Waals surface area (Å²) in [6.07, 6.45) is 3.16. The molecule has 2 atom stereocenters. The molecule has 0 saturated carbocycles. The lowest BCUT2D eigenvalue weighted by Gasteiger charge is -2.32. The lowest BCUT2D eigenvalue weighted by molar-refractivity contribution is -0.126. The topological polar surface area (TPSA) is 111 Å². The maximum absolute atomic E-state index is 13.8. The van der Waals surface area contributed by atoms with E-state index in [-0.39, 0.29) is 11.9 Å². The number of carbonyl (C=O) groups excluding carboxylic acids is 2. The molecule has 0 saturated heterocycles. The average Bonchev–Trinajstić information content (AvgIpc) is 2.96. The van der Waals surface area contributed by atoms with E-state index in [0.717, 1.165) is 16.7 Å². The third kappa shape index (κ3) is 6.20.